The highest BCUT2D eigenvalue weighted by atomic mass is 16.5. The van der Waals surface area contributed by atoms with Gasteiger partial charge in [-0.25, -0.2) is 4.98 Å². The minimum atomic E-state index is -0.156. The largest absolute Gasteiger partial charge is 0.491 e. The van der Waals surface area contributed by atoms with Gasteiger partial charge in [0.05, 0.1) is 36.5 Å². The van der Waals surface area contributed by atoms with Crippen molar-refractivity contribution in [1.29, 1.82) is 0 Å². The number of aryl methyl sites for hydroxylation is 1. The maximum absolute atomic E-state index is 13.2. The van der Waals surface area contributed by atoms with Crippen LogP contribution in [-0.4, -0.2) is 52.1 Å². The lowest BCUT2D eigenvalue weighted by molar-refractivity contribution is 0.0754. The predicted molar refractivity (Wildman–Crippen MR) is 162 cm³/mol. The van der Waals surface area contributed by atoms with Crippen molar-refractivity contribution in [1.82, 2.24) is 25.2 Å². The molecule has 0 saturated heterocycles. The number of imidazole rings is 1. The van der Waals surface area contributed by atoms with Crippen LogP contribution in [0.25, 0.3) is 11.0 Å². The quantitative estimate of drug-likeness (QED) is 0.307. The molecule has 6 rings (SSSR count). The van der Waals surface area contributed by atoms with Crippen molar-refractivity contribution in [2.75, 3.05) is 26.4 Å². The Morgan fingerprint density at radius 2 is 1.90 bits per heavy atom. The first-order chi connectivity index (χ1) is 20.6. The van der Waals surface area contributed by atoms with Crippen molar-refractivity contribution in [3.8, 4) is 5.75 Å². The monoisotopic (exact) mass is 561 g/mol. The van der Waals surface area contributed by atoms with Gasteiger partial charge in [0.1, 0.15) is 18.2 Å². The summed E-state index contributed by atoms with van der Waals surface area (Å²) in [4.78, 5) is 27.9. The van der Waals surface area contributed by atoms with E-state index in [0.29, 0.717) is 38.3 Å². The first kappa shape index (κ1) is 27.6. The zero-order chi connectivity index (χ0) is 28.7. The molecule has 214 valence electrons. The third-order valence-corrected chi connectivity index (χ3v) is 7.37. The maximum Gasteiger partial charge on any atom is 0.251 e. The third kappa shape index (κ3) is 7.02. The smallest absolute Gasteiger partial charge is 0.251 e. The number of amides is 1. The Labute approximate surface area is 245 Å². The molecule has 0 aliphatic carbocycles. The number of hydrogen-bond acceptors (Lipinski definition) is 6. The van der Waals surface area contributed by atoms with E-state index in [4.69, 9.17) is 9.47 Å². The van der Waals surface area contributed by atoms with Crippen LogP contribution in [0.3, 0.4) is 0 Å². The van der Waals surface area contributed by atoms with Gasteiger partial charge in [-0.1, -0.05) is 36.4 Å². The number of nitrogens with zero attached hydrogens (tertiary/aromatic N) is 3. The Hall–Kier alpha value is -4.53. The summed E-state index contributed by atoms with van der Waals surface area (Å²) in [7, 11) is 0. The summed E-state index contributed by atoms with van der Waals surface area (Å²) in [5.41, 5.74) is 7.98. The minimum absolute atomic E-state index is 0.156. The molecule has 0 unspecified atom stereocenters. The summed E-state index contributed by atoms with van der Waals surface area (Å²) >= 11 is 0. The number of ether oxygens (including phenoxy) is 2. The Kier molecular flexibility index (Phi) is 8.54. The molecule has 0 atom stereocenters. The SMILES string of the molecule is Cc1ccc2nc(CNC(=O)c3ccc4c(c3)Cc3cccc(c3)CN(Cc3ccccn3)CCOCCO4)[nH]c2c1. The van der Waals surface area contributed by atoms with Crippen LogP contribution in [-0.2, 0) is 30.8 Å². The second kappa shape index (κ2) is 13.0. The molecule has 0 spiro atoms. The highest BCUT2D eigenvalue weighted by molar-refractivity contribution is 5.94. The van der Waals surface area contributed by atoms with E-state index in [2.05, 4.69) is 61.6 Å². The lowest BCUT2D eigenvalue weighted by atomic mass is 9.99. The van der Waals surface area contributed by atoms with Gasteiger partial charge < -0.3 is 19.8 Å². The van der Waals surface area contributed by atoms with Gasteiger partial charge in [0.15, 0.2) is 0 Å². The summed E-state index contributed by atoms with van der Waals surface area (Å²) in [5.74, 6) is 1.33. The fraction of sp³-hybridized carbons (Fsp3) is 0.265. The van der Waals surface area contributed by atoms with Crippen molar-refractivity contribution in [3.63, 3.8) is 0 Å². The number of carbonyl (C=O) groups is 1. The Morgan fingerprint density at radius 3 is 2.81 bits per heavy atom. The molecular formula is C34H35N5O3. The fourth-order valence-electron chi connectivity index (χ4n) is 5.28. The molecule has 2 N–H and O–H groups in total. The summed E-state index contributed by atoms with van der Waals surface area (Å²) < 4.78 is 12.1. The van der Waals surface area contributed by atoms with Gasteiger partial charge >= 0.3 is 0 Å². The number of nitrogens with one attached hydrogen (secondary N) is 2. The molecule has 3 aromatic carbocycles. The number of pyridine rings is 1. The minimum Gasteiger partial charge on any atom is -0.491 e. The number of carbonyl (C=O) groups excluding carboxylic acids is 1. The molecule has 2 bridgehead atoms. The molecule has 42 heavy (non-hydrogen) atoms. The standard InChI is InChI=1S/C34H35N5O3/c1-24-8-10-30-31(17-24)38-33(37-30)21-36-34(40)27-9-11-32-28(20-27)19-25-5-4-6-26(18-25)22-39(13-14-41-15-16-42-32)23-29-7-2-3-12-35-29/h2-12,17-18,20H,13-16,19,21-23H2,1H3,(H,36,40)(H,37,38). The van der Waals surface area contributed by atoms with E-state index >= 15 is 0 Å². The zero-order valence-electron chi connectivity index (χ0n) is 23.8. The number of H-pyrrole nitrogens is 1. The highest BCUT2D eigenvalue weighted by Gasteiger charge is 2.15. The molecule has 8 nitrogen and oxygen atoms in total. The first-order valence-electron chi connectivity index (χ1n) is 14.4. The number of fused-ring (bicyclic) bond motifs is 4. The van der Waals surface area contributed by atoms with Crippen molar-refractivity contribution < 1.29 is 14.3 Å². The second-order valence-corrected chi connectivity index (χ2v) is 10.7. The summed E-state index contributed by atoms with van der Waals surface area (Å²) in [5, 5.41) is 3.01. The predicted octanol–water partition coefficient (Wildman–Crippen LogP) is 5.20. The first-order valence-corrected chi connectivity index (χ1v) is 14.4. The number of aromatic amines is 1. The fourth-order valence-corrected chi connectivity index (χ4v) is 5.28. The summed E-state index contributed by atoms with van der Waals surface area (Å²) in [6.07, 6.45) is 2.48. The van der Waals surface area contributed by atoms with Gasteiger partial charge in [0, 0.05) is 37.8 Å². The van der Waals surface area contributed by atoms with E-state index in [1.807, 2.05) is 55.6 Å². The van der Waals surface area contributed by atoms with E-state index in [0.717, 1.165) is 59.1 Å². The highest BCUT2D eigenvalue weighted by Crippen LogP contribution is 2.25. The molecular weight excluding hydrogens is 526 g/mol. The van der Waals surface area contributed by atoms with Crippen molar-refractivity contribution in [3.05, 3.63) is 124 Å². The molecule has 5 aromatic rings. The maximum atomic E-state index is 13.2. The zero-order valence-corrected chi connectivity index (χ0v) is 23.8. The van der Waals surface area contributed by atoms with Gasteiger partial charge in [0.2, 0.25) is 0 Å². The number of aromatic nitrogens is 3. The van der Waals surface area contributed by atoms with Crippen molar-refractivity contribution >= 4 is 16.9 Å². The average Bonchev–Trinajstić information content (AvgIpc) is 3.40. The van der Waals surface area contributed by atoms with Crippen LogP contribution in [0.15, 0.2) is 85.1 Å². The lowest BCUT2D eigenvalue weighted by Crippen LogP contribution is -2.28. The summed E-state index contributed by atoms with van der Waals surface area (Å²) in [6.45, 7) is 6.22. The van der Waals surface area contributed by atoms with Crippen LogP contribution in [0.4, 0.5) is 0 Å². The van der Waals surface area contributed by atoms with Crippen molar-refractivity contribution in [2.24, 2.45) is 0 Å². The Balaban J connectivity index is 1.19. The Bertz CT molecular complexity index is 1670. The summed E-state index contributed by atoms with van der Waals surface area (Å²) in [6, 6.07) is 26.3. The van der Waals surface area contributed by atoms with E-state index in [1.54, 1.807) is 0 Å². The molecule has 2 aromatic heterocycles. The molecule has 1 aliphatic rings. The van der Waals surface area contributed by atoms with Crippen LogP contribution in [0.5, 0.6) is 5.75 Å². The number of rotatable bonds is 5. The van der Waals surface area contributed by atoms with E-state index in [9.17, 15) is 4.79 Å². The van der Waals surface area contributed by atoms with Gasteiger partial charge in [-0.2, -0.15) is 0 Å². The van der Waals surface area contributed by atoms with Crippen molar-refractivity contribution in [2.45, 2.75) is 33.0 Å². The van der Waals surface area contributed by atoms with Gasteiger partial charge in [-0.05, 0) is 71.6 Å². The van der Waals surface area contributed by atoms with Crippen LogP contribution >= 0.6 is 0 Å². The van der Waals surface area contributed by atoms with Gasteiger partial charge in [-0.15, -0.1) is 0 Å². The van der Waals surface area contributed by atoms with Gasteiger partial charge in [-0.3, -0.25) is 14.7 Å². The van der Waals surface area contributed by atoms with Gasteiger partial charge in [0.25, 0.3) is 5.91 Å². The normalized spacial score (nSPS) is 14.5. The topological polar surface area (TPSA) is 92.4 Å². The van der Waals surface area contributed by atoms with Crippen LogP contribution in [0, 0.1) is 6.92 Å². The molecule has 1 aliphatic heterocycles. The van der Waals surface area contributed by atoms with E-state index in [1.165, 1.54) is 11.1 Å². The molecule has 3 heterocycles. The van der Waals surface area contributed by atoms with Crippen LogP contribution < -0.4 is 10.1 Å². The molecule has 0 radical (unpaired) electrons. The van der Waals surface area contributed by atoms with Crippen LogP contribution in [0.1, 0.15) is 44.1 Å². The lowest BCUT2D eigenvalue weighted by Gasteiger charge is -2.23. The molecule has 8 heteroatoms. The second-order valence-electron chi connectivity index (χ2n) is 10.7. The number of hydrogen-bond donors (Lipinski definition) is 2. The number of benzene rings is 3. The average molecular weight is 562 g/mol. The molecule has 0 fully saturated rings. The molecule has 1 amide bonds. The molecule has 0 saturated carbocycles. The van der Waals surface area contributed by atoms with E-state index < -0.39 is 0 Å². The third-order valence-electron chi connectivity index (χ3n) is 7.37. The van der Waals surface area contributed by atoms with E-state index in [-0.39, 0.29) is 5.91 Å². The van der Waals surface area contributed by atoms with Crippen LogP contribution in [0.2, 0.25) is 0 Å². The Morgan fingerprint density at radius 1 is 0.976 bits per heavy atom.